The van der Waals surface area contributed by atoms with Crippen LogP contribution in [0.15, 0.2) is 9.59 Å². The van der Waals surface area contributed by atoms with Crippen molar-refractivity contribution in [3.05, 3.63) is 26.7 Å². The van der Waals surface area contributed by atoms with E-state index in [1.54, 1.807) is 7.05 Å². The van der Waals surface area contributed by atoms with Crippen LogP contribution >= 0.6 is 0 Å². The second kappa shape index (κ2) is 7.12. The van der Waals surface area contributed by atoms with E-state index in [9.17, 15) is 9.59 Å². The zero-order valence-corrected chi connectivity index (χ0v) is 14.8. The number of nitrogens with zero attached hydrogens (tertiary/aromatic N) is 5. The maximum Gasteiger partial charge on any atom is 0.332 e. The highest BCUT2D eigenvalue weighted by atomic mass is 16.2. The van der Waals surface area contributed by atoms with Gasteiger partial charge in [-0.05, 0) is 39.4 Å². The Bertz CT molecular complexity index is 795. The van der Waals surface area contributed by atoms with Crippen LogP contribution in [0, 0.1) is 6.92 Å². The molecule has 0 N–H and O–H groups in total. The molecular weight excluding hydrogens is 294 g/mol. The van der Waals surface area contributed by atoms with Crippen LogP contribution in [0.5, 0.6) is 0 Å². The van der Waals surface area contributed by atoms with Gasteiger partial charge in [0, 0.05) is 20.6 Å². The van der Waals surface area contributed by atoms with Gasteiger partial charge in [0.15, 0.2) is 11.2 Å². The minimum absolute atomic E-state index is 0.271. The van der Waals surface area contributed by atoms with Gasteiger partial charge in [-0.3, -0.25) is 13.9 Å². The van der Waals surface area contributed by atoms with Crippen LogP contribution < -0.4 is 11.2 Å². The van der Waals surface area contributed by atoms with Gasteiger partial charge < -0.3 is 9.47 Å². The van der Waals surface area contributed by atoms with Crippen molar-refractivity contribution >= 4 is 11.2 Å². The quantitative estimate of drug-likeness (QED) is 0.710. The molecule has 2 heterocycles. The molecule has 0 atom stereocenters. The number of hydrogen-bond donors (Lipinski definition) is 0. The highest BCUT2D eigenvalue weighted by Crippen LogP contribution is 2.11. The van der Waals surface area contributed by atoms with E-state index in [2.05, 4.69) is 23.7 Å². The smallest absolute Gasteiger partial charge is 0.322 e. The Balaban J connectivity index is 2.27. The van der Waals surface area contributed by atoms with E-state index in [4.69, 9.17) is 0 Å². The standard InChI is InChI=1S/C16H27N5O2/c1-6-20(7-2)10-8-9-11-21-12(3)17-14-13(21)15(22)19(5)16(23)18(14)4/h6-11H2,1-5H3. The molecule has 128 valence electrons. The van der Waals surface area contributed by atoms with Crippen LogP contribution in [0.1, 0.15) is 32.5 Å². The maximum absolute atomic E-state index is 12.4. The number of fused-ring (bicyclic) bond motifs is 1. The van der Waals surface area contributed by atoms with Gasteiger partial charge in [-0.2, -0.15) is 0 Å². The van der Waals surface area contributed by atoms with Crippen LogP contribution in [-0.4, -0.2) is 43.2 Å². The molecular formula is C16H27N5O2. The molecule has 0 fully saturated rings. The highest BCUT2D eigenvalue weighted by Gasteiger charge is 2.16. The van der Waals surface area contributed by atoms with Gasteiger partial charge in [0.25, 0.3) is 5.56 Å². The molecule has 0 spiro atoms. The van der Waals surface area contributed by atoms with Crippen molar-refractivity contribution in [3.63, 3.8) is 0 Å². The first kappa shape index (κ1) is 17.5. The van der Waals surface area contributed by atoms with Crippen LogP contribution in [0.3, 0.4) is 0 Å². The summed E-state index contributed by atoms with van der Waals surface area (Å²) >= 11 is 0. The number of hydrogen-bond acceptors (Lipinski definition) is 4. The topological polar surface area (TPSA) is 65.1 Å². The highest BCUT2D eigenvalue weighted by molar-refractivity contribution is 5.70. The van der Waals surface area contributed by atoms with Gasteiger partial charge >= 0.3 is 5.69 Å². The molecule has 7 heteroatoms. The first-order chi connectivity index (χ1) is 10.9. The Kier molecular flexibility index (Phi) is 5.41. The van der Waals surface area contributed by atoms with Gasteiger partial charge in [-0.15, -0.1) is 0 Å². The first-order valence-electron chi connectivity index (χ1n) is 8.27. The fourth-order valence-electron chi connectivity index (χ4n) is 2.97. The van der Waals surface area contributed by atoms with Crippen molar-refractivity contribution in [1.82, 2.24) is 23.6 Å². The molecule has 0 aliphatic carbocycles. The van der Waals surface area contributed by atoms with Crippen molar-refractivity contribution in [2.24, 2.45) is 14.1 Å². The van der Waals surface area contributed by atoms with Crippen LogP contribution in [-0.2, 0) is 20.6 Å². The molecule has 0 radical (unpaired) electrons. The Labute approximate surface area is 136 Å². The fraction of sp³-hybridized carbons (Fsp3) is 0.688. The molecule has 2 aromatic heterocycles. The number of unbranched alkanes of at least 4 members (excludes halogenated alkanes) is 1. The normalized spacial score (nSPS) is 11.7. The molecule has 0 unspecified atom stereocenters. The maximum atomic E-state index is 12.4. The van der Waals surface area contributed by atoms with Crippen molar-refractivity contribution in [2.75, 3.05) is 19.6 Å². The average Bonchev–Trinajstić information content (AvgIpc) is 2.88. The van der Waals surface area contributed by atoms with E-state index < -0.39 is 0 Å². The summed E-state index contributed by atoms with van der Waals surface area (Å²) in [5.41, 5.74) is 0.385. The molecule has 0 aromatic carbocycles. The molecule has 23 heavy (non-hydrogen) atoms. The lowest BCUT2D eigenvalue weighted by molar-refractivity contribution is 0.294. The second-order valence-electron chi connectivity index (χ2n) is 5.92. The molecule has 0 saturated carbocycles. The zero-order valence-electron chi connectivity index (χ0n) is 14.8. The monoisotopic (exact) mass is 321 g/mol. The molecule has 7 nitrogen and oxygen atoms in total. The van der Waals surface area contributed by atoms with Gasteiger partial charge in [0.2, 0.25) is 0 Å². The fourth-order valence-corrected chi connectivity index (χ4v) is 2.97. The van der Waals surface area contributed by atoms with E-state index in [-0.39, 0.29) is 11.2 Å². The number of aromatic nitrogens is 4. The summed E-state index contributed by atoms with van der Waals surface area (Å²) in [6, 6.07) is 0. The molecule has 2 aromatic rings. The van der Waals surface area contributed by atoms with Crippen LogP contribution in [0.2, 0.25) is 0 Å². The summed E-state index contributed by atoms with van der Waals surface area (Å²) < 4.78 is 4.53. The predicted octanol–water partition coefficient (Wildman–Crippen LogP) is 0.864. The van der Waals surface area contributed by atoms with E-state index in [1.807, 2.05) is 11.5 Å². The summed E-state index contributed by atoms with van der Waals surface area (Å²) in [6.07, 6.45) is 2.06. The number of imidazole rings is 1. The Hall–Kier alpha value is -1.89. The second-order valence-corrected chi connectivity index (χ2v) is 5.92. The van der Waals surface area contributed by atoms with E-state index >= 15 is 0 Å². The average molecular weight is 321 g/mol. The molecule has 0 saturated heterocycles. The Morgan fingerprint density at radius 3 is 2.30 bits per heavy atom. The third-order valence-electron chi connectivity index (χ3n) is 4.54. The molecule has 0 aliphatic rings. The lowest BCUT2D eigenvalue weighted by atomic mass is 10.2. The molecule has 0 aliphatic heterocycles. The summed E-state index contributed by atoms with van der Waals surface area (Å²) in [6.45, 7) is 10.2. The van der Waals surface area contributed by atoms with E-state index in [0.29, 0.717) is 11.2 Å². The Morgan fingerprint density at radius 2 is 1.70 bits per heavy atom. The summed E-state index contributed by atoms with van der Waals surface area (Å²) in [5.74, 6) is 0.779. The zero-order chi connectivity index (χ0) is 17.1. The van der Waals surface area contributed by atoms with Gasteiger partial charge in [-0.25, -0.2) is 9.78 Å². The Morgan fingerprint density at radius 1 is 1.04 bits per heavy atom. The summed E-state index contributed by atoms with van der Waals surface area (Å²) in [7, 11) is 3.17. The summed E-state index contributed by atoms with van der Waals surface area (Å²) in [5, 5.41) is 0. The summed E-state index contributed by atoms with van der Waals surface area (Å²) in [4.78, 5) is 31.3. The van der Waals surface area contributed by atoms with Gasteiger partial charge in [0.1, 0.15) is 5.82 Å². The molecule has 0 bridgehead atoms. The third-order valence-corrected chi connectivity index (χ3v) is 4.54. The van der Waals surface area contributed by atoms with Crippen molar-refractivity contribution in [2.45, 2.75) is 40.2 Å². The van der Waals surface area contributed by atoms with Crippen molar-refractivity contribution in [1.29, 1.82) is 0 Å². The number of rotatable bonds is 7. The van der Waals surface area contributed by atoms with Crippen molar-refractivity contribution in [3.8, 4) is 0 Å². The third kappa shape index (κ3) is 3.24. The first-order valence-corrected chi connectivity index (χ1v) is 8.27. The van der Waals surface area contributed by atoms with Gasteiger partial charge in [-0.1, -0.05) is 13.8 Å². The van der Waals surface area contributed by atoms with Crippen molar-refractivity contribution < 1.29 is 0 Å². The van der Waals surface area contributed by atoms with Crippen LogP contribution in [0.4, 0.5) is 0 Å². The predicted molar refractivity (Wildman–Crippen MR) is 92.0 cm³/mol. The number of aryl methyl sites for hydroxylation is 3. The lowest BCUT2D eigenvalue weighted by Crippen LogP contribution is -2.37. The molecule has 0 amide bonds. The SMILES string of the molecule is CCN(CC)CCCCn1c(C)nc2c1c(=O)n(C)c(=O)n2C. The minimum Gasteiger partial charge on any atom is -0.322 e. The van der Waals surface area contributed by atoms with E-state index in [1.165, 1.54) is 11.6 Å². The molecule has 2 rings (SSSR count). The largest absolute Gasteiger partial charge is 0.332 e. The van der Waals surface area contributed by atoms with Gasteiger partial charge in [0.05, 0.1) is 0 Å². The minimum atomic E-state index is -0.339. The van der Waals surface area contributed by atoms with Crippen LogP contribution in [0.25, 0.3) is 11.2 Å². The lowest BCUT2D eigenvalue weighted by Gasteiger charge is -2.17. The van der Waals surface area contributed by atoms with E-state index in [0.717, 1.165) is 49.4 Å².